The summed E-state index contributed by atoms with van der Waals surface area (Å²) in [6.07, 6.45) is -0.949. The van der Waals surface area contributed by atoms with Gasteiger partial charge < -0.3 is 24.6 Å². The van der Waals surface area contributed by atoms with Crippen molar-refractivity contribution in [1.29, 1.82) is 0 Å². The molecule has 150 valence electrons. The molecule has 26 heavy (non-hydrogen) atoms. The van der Waals surface area contributed by atoms with Gasteiger partial charge in [0.2, 0.25) is 5.91 Å². The molecule has 1 rings (SSSR count). The van der Waals surface area contributed by atoms with Crippen LogP contribution >= 0.6 is 0 Å². The lowest BCUT2D eigenvalue weighted by Gasteiger charge is -2.45. The number of ketones is 1. The lowest BCUT2D eigenvalue weighted by molar-refractivity contribution is -0.408. The van der Waals surface area contributed by atoms with E-state index in [-0.39, 0.29) is 43.0 Å². The van der Waals surface area contributed by atoms with E-state index in [2.05, 4.69) is 5.32 Å². The molecule has 8 heteroatoms. The van der Waals surface area contributed by atoms with Crippen molar-refractivity contribution in [1.82, 2.24) is 5.32 Å². The Labute approximate surface area is 154 Å². The van der Waals surface area contributed by atoms with Gasteiger partial charge in [0.15, 0.2) is 0 Å². The van der Waals surface area contributed by atoms with Crippen molar-refractivity contribution >= 4 is 18.2 Å². The zero-order chi connectivity index (χ0) is 19.9. The van der Waals surface area contributed by atoms with E-state index in [0.717, 1.165) is 12.8 Å². The summed E-state index contributed by atoms with van der Waals surface area (Å²) in [7, 11) is 0. The van der Waals surface area contributed by atoms with E-state index in [1.165, 1.54) is 6.92 Å². The number of nitrogens with one attached hydrogen (secondary N) is 1. The normalized spacial score (nSPS) is 29.9. The van der Waals surface area contributed by atoms with E-state index in [4.69, 9.17) is 14.2 Å². The predicted molar refractivity (Wildman–Crippen MR) is 92.9 cm³/mol. The molecule has 0 saturated carbocycles. The molecule has 1 aliphatic heterocycles. The molecule has 0 aromatic rings. The van der Waals surface area contributed by atoms with E-state index in [1.54, 1.807) is 13.8 Å². The number of hydrogen-bond acceptors (Lipinski definition) is 7. The van der Waals surface area contributed by atoms with Crippen LogP contribution in [-0.4, -0.2) is 53.6 Å². The van der Waals surface area contributed by atoms with E-state index in [1.807, 2.05) is 13.8 Å². The highest BCUT2D eigenvalue weighted by Gasteiger charge is 2.51. The molecule has 0 spiro atoms. The van der Waals surface area contributed by atoms with Crippen LogP contribution in [0.25, 0.3) is 0 Å². The van der Waals surface area contributed by atoms with Crippen molar-refractivity contribution in [2.24, 2.45) is 5.92 Å². The average Bonchev–Trinajstić information content (AvgIpc) is 2.50. The van der Waals surface area contributed by atoms with Crippen LogP contribution in [0.4, 0.5) is 0 Å². The smallest absolute Gasteiger partial charge is 0.332 e. The number of carbonyl (C=O) groups excluding carboxylic acids is 3. The molecule has 0 bridgehead atoms. The number of carbonyl (C=O) groups is 3. The van der Waals surface area contributed by atoms with Crippen LogP contribution in [0.15, 0.2) is 0 Å². The molecule has 1 fully saturated rings. The van der Waals surface area contributed by atoms with Gasteiger partial charge in [-0.1, -0.05) is 20.3 Å². The lowest BCUT2D eigenvalue weighted by Crippen LogP contribution is -2.63. The van der Waals surface area contributed by atoms with Gasteiger partial charge in [0, 0.05) is 19.3 Å². The second-order valence-corrected chi connectivity index (χ2v) is 7.08. The summed E-state index contributed by atoms with van der Waals surface area (Å²) < 4.78 is 16.5. The predicted octanol–water partition coefficient (Wildman–Crippen LogP) is 1.29. The highest BCUT2D eigenvalue weighted by Crippen LogP contribution is 2.34. The first-order valence-electron chi connectivity index (χ1n) is 9.09. The van der Waals surface area contributed by atoms with Crippen molar-refractivity contribution in [3.63, 3.8) is 0 Å². The topological polar surface area (TPSA) is 111 Å². The number of hydrogen-bond donors (Lipinski definition) is 2. The molecule has 0 aromatic carbocycles. The molecule has 0 radical (unpaired) electrons. The van der Waals surface area contributed by atoms with Crippen LogP contribution in [0.2, 0.25) is 0 Å². The number of aliphatic hydroxyl groups is 1. The largest absolute Gasteiger partial charge is 0.410 e. The third-order valence-electron chi connectivity index (χ3n) is 4.29. The van der Waals surface area contributed by atoms with Gasteiger partial charge >= 0.3 is 5.97 Å². The third-order valence-corrected chi connectivity index (χ3v) is 4.29. The Kier molecular flexibility index (Phi) is 8.66. The maximum atomic E-state index is 12.5. The van der Waals surface area contributed by atoms with E-state index < -0.39 is 24.2 Å². The van der Waals surface area contributed by atoms with Gasteiger partial charge in [-0.3, -0.25) is 14.4 Å². The summed E-state index contributed by atoms with van der Waals surface area (Å²) in [5, 5.41) is 13.2. The Bertz CT molecular complexity index is 496. The van der Waals surface area contributed by atoms with Gasteiger partial charge in [-0.2, -0.15) is 0 Å². The minimum absolute atomic E-state index is 0.0331. The van der Waals surface area contributed by atoms with Gasteiger partial charge in [0.05, 0.1) is 30.8 Å². The molecule has 2 N–H and O–H groups in total. The van der Waals surface area contributed by atoms with Crippen LogP contribution in [0.1, 0.15) is 60.3 Å². The molecule has 0 aliphatic carbocycles. The van der Waals surface area contributed by atoms with Crippen LogP contribution in [0, 0.1) is 5.92 Å². The molecule has 5 atom stereocenters. The molecule has 5 unspecified atom stereocenters. The number of ether oxygens (including phenoxy) is 3. The third kappa shape index (κ3) is 6.34. The molecule has 1 aliphatic rings. The van der Waals surface area contributed by atoms with Crippen LogP contribution in [0.3, 0.4) is 0 Å². The van der Waals surface area contributed by atoms with Gasteiger partial charge in [-0.05, 0) is 20.3 Å². The summed E-state index contributed by atoms with van der Waals surface area (Å²) >= 11 is 0. The second-order valence-electron chi connectivity index (χ2n) is 7.08. The van der Waals surface area contributed by atoms with Crippen molar-refractivity contribution < 1.29 is 33.7 Å². The first-order chi connectivity index (χ1) is 12.1. The van der Waals surface area contributed by atoms with E-state index >= 15 is 0 Å². The summed E-state index contributed by atoms with van der Waals surface area (Å²) in [6.45, 7) is 8.79. The fraction of sp³-hybridized carbons (Fsp3) is 0.833. The van der Waals surface area contributed by atoms with Crippen LogP contribution in [-0.2, 0) is 28.6 Å². The molecule has 1 heterocycles. The number of rotatable bonds is 10. The average molecular weight is 373 g/mol. The minimum atomic E-state index is -1.79. The number of aliphatic hydroxyl groups excluding tert-OH is 1. The Balaban J connectivity index is 3.07. The van der Waals surface area contributed by atoms with Crippen molar-refractivity contribution in [3.8, 4) is 0 Å². The molecular formula is C18H31NO7. The first kappa shape index (κ1) is 22.5. The van der Waals surface area contributed by atoms with Crippen molar-refractivity contribution in [2.45, 2.75) is 90.6 Å². The standard InChI is InChI=1S/C18H31NO7/c1-6-7-12(4)14(22)8-16-17(19-13(5)21)15(23)9-18(26-16,24-10-20)25-11(2)3/h10-12,15-17,23H,6-9H2,1-5H3,(H,19,21). The summed E-state index contributed by atoms with van der Waals surface area (Å²) in [6, 6.07) is -0.801. The van der Waals surface area contributed by atoms with Gasteiger partial charge in [0.25, 0.3) is 6.47 Å². The SMILES string of the molecule is CCCC(C)C(=O)CC1OC(OC=O)(OC(C)C)CC(O)C1NC(C)=O. The van der Waals surface area contributed by atoms with Gasteiger partial charge in [-0.15, -0.1) is 0 Å². The highest BCUT2D eigenvalue weighted by molar-refractivity contribution is 5.81. The minimum Gasteiger partial charge on any atom is -0.410 e. The summed E-state index contributed by atoms with van der Waals surface area (Å²) in [5.41, 5.74) is 0. The summed E-state index contributed by atoms with van der Waals surface area (Å²) in [5.74, 6) is -2.37. The Morgan fingerprint density at radius 3 is 2.54 bits per heavy atom. The molecule has 0 aromatic heterocycles. The second kappa shape index (κ2) is 9.99. The molecule has 8 nitrogen and oxygen atoms in total. The fourth-order valence-electron chi connectivity index (χ4n) is 3.18. The number of amides is 1. The zero-order valence-corrected chi connectivity index (χ0v) is 16.2. The monoisotopic (exact) mass is 373 g/mol. The first-order valence-corrected chi connectivity index (χ1v) is 9.09. The van der Waals surface area contributed by atoms with Crippen LogP contribution < -0.4 is 5.32 Å². The molecule has 1 amide bonds. The zero-order valence-electron chi connectivity index (χ0n) is 16.2. The Morgan fingerprint density at radius 1 is 1.38 bits per heavy atom. The van der Waals surface area contributed by atoms with Crippen molar-refractivity contribution in [2.75, 3.05) is 0 Å². The highest BCUT2D eigenvalue weighted by atomic mass is 16.9. The fourth-order valence-corrected chi connectivity index (χ4v) is 3.18. The van der Waals surface area contributed by atoms with Gasteiger partial charge in [0.1, 0.15) is 5.78 Å². The Morgan fingerprint density at radius 2 is 2.04 bits per heavy atom. The van der Waals surface area contributed by atoms with Gasteiger partial charge in [-0.25, -0.2) is 0 Å². The quantitative estimate of drug-likeness (QED) is 0.438. The molecule has 1 saturated heterocycles. The van der Waals surface area contributed by atoms with E-state index in [0.29, 0.717) is 0 Å². The maximum Gasteiger partial charge on any atom is 0.332 e. The number of Topliss-reactive ketones (excluding diaryl/α,β-unsaturated/α-hetero) is 1. The Hall–Kier alpha value is -1.51. The van der Waals surface area contributed by atoms with Crippen LogP contribution in [0.5, 0.6) is 0 Å². The lowest BCUT2D eigenvalue weighted by atomic mass is 9.89. The maximum absolute atomic E-state index is 12.5. The van der Waals surface area contributed by atoms with E-state index in [9.17, 15) is 19.5 Å². The summed E-state index contributed by atoms with van der Waals surface area (Å²) in [4.78, 5) is 35.0. The molecular weight excluding hydrogens is 342 g/mol. The van der Waals surface area contributed by atoms with Crippen molar-refractivity contribution in [3.05, 3.63) is 0 Å².